The second-order valence-corrected chi connectivity index (χ2v) is 9.64. The number of rotatable bonds is 5. The minimum absolute atomic E-state index is 0.192. The fraction of sp³-hybridized carbons (Fsp3) is 0.0370. The highest BCUT2D eigenvalue weighted by atomic mass is 35.5. The Morgan fingerprint density at radius 3 is 2.23 bits per heavy atom. The Morgan fingerprint density at radius 1 is 0.800 bits per heavy atom. The van der Waals surface area contributed by atoms with Crippen LogP contribution in [0, 0.1) is 0 Å². The van der Waals surface area contributed by atoms with Gasteiger partial charge < -0.3 is 10.6 Å². The molecule has 5 rings (SSSR count). The van der Waals surface area contributed by atoms with E-state index in [1.54, 1.807) is 41.1 Å². The van der Waals surface area contributed by atoms with E-state index >= 15 is 0 Å². The lowest BCUT2D eigenvalue weighted by molar-refractivity contribution is -0.137. The van der Waals surface area contributed by atoms with E-state index in [-0.39, 0.29) is 22.0 Å². The lowest BCUT2D eigenvalue weighted by atomic mass is 10.1. The minimum atomic E-state index is -4.70. The molecule has 13 heteroatoms. The van der Waals surface area contributed by atoms with Gasteiger partial charge in [0.1, 0.15) is 0 Å². The molecule has 0 unspecified atom stereocenters. The second-order valence-electron chi connectivity index (χ2n) is 8.42. The maximum Gasteiger partial charge on any atom is 0.417 e. The molecule has 0 aliphatic carbocycles. The molecule has 0 radical (unpaired) electrons. The number of benzene rings is 3. The lowest BCUT2D eigenvalue weighted by Crippen LogP contribution is -2.14. The van der Waals surface area contributed by atoms with Crippen molar-refractivity contribution < 1.29 is 22.8 Å². The molecule has 3 aromatic carbocycles. The molecule has 0 saturated heterocycles. The highest BCUT2D eigenvalue weighted by molar-refractivity contribution is 6.42. The molecule has 2 N–H and O–H groups in total. The van der Waals surface area contributed by atoms with Gasteiger partial charge in [-0.25, -0.2) is 9.97 Å². The summed E-state index contributed by atoms with van der Waals surface area (Å²) >= 11 is 17.6. The predicted octanol–water partition coefficient (Wildman–Crippen LogP) is 7.88. The largest absolute Gasteiger partial charge is 0.417 e. The summed E-state index contributed by atoms with van der Waals surface area (Å²) in [5, 5.41) is 5.35. The number of alkyl halides is 3. The van der Waals surface area contributed by atoms with Crippen LogP contribution in [0.1, 0.15) is 26.3 Å². The van der Waals surface area contributed by atoms with Gasteiger partial charge in [0, 0.05) is 34.8 Å². The van der Waals surface area contributed by atoms with Crippen molar-refractivity contribution in [1.29, 1.82) is 0 Å². The summed E-state index contributed by atoms with van der Waals surface area (Å²) in [6.45, 7) is 0. The molecule has 0 spiro atoms. The Morgan fingerprint density at radius 2 is 1.50 bits per heavy atom. The number of amides is 2. The number of anilines is 2. The fourth-order valence-electron chi connectivity index (χ4n) is 3.88. The predicted molar refractivity (Wildman–Crippen MR) is 147 cm³/mol. The third-order valence-electron chi connectivity index (χ3n) is 5.79. The van der Waals surface area contributed by atoms with E-state index in [1.807, 2.05) is 0 Å². The molecular weight excluding hydrogens is 590 g/mol. The SMILES string of the molecule is O=C(Nc1cccc(-c2cnc3c(NC(=O)c4ccc(Cl)c(Cl)c4)nccn23)c1)c1ccc(Cl)c(C(F)(F)F)c1. The Labute approximate surface area is 239 Å². The van der Waals surface area contributed by atoms with E-state index in [1.165, 1.54) is 30.5 Å². The van der Waals surface area contributed by atoms with Gasteiger partial charge in [-0.15, -0.1) is 0 Å². The van der Waals surface area contributed by atoms with Gasteiger partial charge in [0.15, 0.2) is 11.5 Å². The van der Waals surface area contributed by atoms with Crippen LogP contribution >= 0.6 is 34.8 Å². The zero-order valence-corrected chi connectivity index (χ0v) is 22.2. The van der Waals surface area contributed by atoms with E-state index in [9.17, 15) is 22.8 Å². The Balaban J connectivity index is 1.40. The van der Waals surface area contributed by atoms with Crippen molar-refractivity contribution in [2.24, 2.45) is 0 Å². The first-order chi connectivity index (χ1) is 19.0. The number of hydrogen-bond acceptors (Lipinski definition) is 4. The smallest absolute Gasteiger partial charge is 0.322 e. The molecule has 0 aliphatic rings. The van der Waals surface area contributed by atoms with Gasteiger partial charge in [0.2, 0.25) is 0 Å². The molecule has 5 aromatic rings. The Hall–Kier alpha value is -4.12. The first-order valence-corrected chi connectivity index (χ1v) is 12.5. The highest BCUT2D eigenvalue weighted by Crippen LogP contribution is 2.35. The van der Waals surface area contributed by atoms with Gasteiger partial charge in [-0.3, -0.25) is 14.0 Å². The molecule has 2 amide bonds. The molecule has 2 heterocycles. The lowest BCUT2D eigenvalue weighted by Gasteiger charge is -2.12. The van der Waals surface area contributed by atoms with Crippen molar-refractivity contribution in [1.82, 2.24) is 14.4 Å². The van der Waals surface area contributed by atoms with Crippen LogP contribution in [0.25, 0.3) is 16.9 Å². The van der Waals surface area contributed by atoms with Crippen molar-refractivity contribution in [2.75, 3.05) is 10.6 Å². The zero-order valence-electron chi connectivity index (χ0n) is 19.9. The van der Waals surface area contributed by atoms with Crippen LogP contribution in [0.4, 0.5) is 24.7 Å². The number of imidazole rings is 1. The Bertz CT molecular complexity index is 1790. The van der Waals surface area contributed by atoms with Gasteiger partial charge >= 0.3 is 6.18 Å². The monoisotopic (exact) mass is 603 g/mol. The van der Waals surface area contributed by atoms with Crippen molar-refractivity contribution in [3.05, 3.63) is 111 Å². The summed E-state index contributed by atoms with van der Waals surface area (Å²) in [6.07, 6.45) is -0.0237. The van der Waals surface area contributed by atoms with Crippen molar-refractivity contribution in [3.63, 3.8) is 0 Å². The third kappa shape index (κ3) is 5.60. The average Bonchev–Trinajstić information content (AvgIpc) is 3.35. The number of nitrogens with zero attached hydrogens (tertiary/aromatic N) is 3. The Kier molecular flexibility index (Phi) is 7.41. The topological polar surface area (TPSA) is 88.4 Å². The first kappa shape index (κ1) is 27.4. The van der Waals surface area contributed by atoms with Crippen LogP contribution < -0.4 is 10.6 Å². The molecule has 0 aliphatic heterocycles. The standard InChI is InChI=1S/C27H15Cl3F3N5O2/c28-19-6-4-15(11-18(19)27(31,32)33)25(39)36-17-3-1-2-14(10-17)22-13-35-24-23(34-8-9-38(22)24)37-26(40)16-5-7-20(29)21(30)12-16/h1-13H,(H,36,39)(H,34,37,40). The molecule has 2 aromatic heterocycles. The van der Waals surface area contributed by atoms with E-state index < -0.39 is 28.6 Å². The molecule has 0 saturated carbocycles. The molecular formula is C27H15Cl3F3N5O2. The number of nitrogens with one attached hydrogen (secondary N) is 2. The van der Waals surface area contributed by atoms with Crippen molar-refractivity contribution in [2.45, 2.75) is 6.18 Å². The number of halogens is 6. The molecule has 40 heavy (non-hydrogen) atoms. The minimum Gasteiger partial charge on any atom is -0.322 e. The molecule has 0 atom stereocenters. The quantitative estimate of drug-likeness (QED) is 0.214. The van der Waals surface area contributed by atoms with Crippen LogP contribution in [-0.4, -0.2) is 26.2 Å². The van der Waals surface area contributed by atoms with Gasteiger partial charge in [-0.1, -0.05) is 46.9 Å². The van der Waals surface area contributed by atoms with Crippen molar-refractivity contribution >= 4 is 63.8 Å². The van der Waals surface area contributed by atoms with Gasteiger partial charge in [-0.05, 0) is 48.5 Å². The number of fused-ring (bicyclic) bond motifs is 1. The number of aromatic nitrogens is 3. The van der Waals surface area contributed by atoms with E-state index in [2.05, 4.69) is 20.6 Å². The van der Waals surface area contributed by atoms with Gasteiger partial charge in [-0.2, -0.15) is 13.2 Å². The van der Waals surface area contributed by atoms with Gasteiger partial charge in [0.05, 0.1) is 32.5 Å². The third-order valence-corrected chi connectivity index (χ3v) is 6.86. The van der Waals surface area contributed by atoms with Crippen LogP contribution in [0.5, 0.6) is 0 Å². The van der Waals surface area contributed by atoms with Crippen LogP contribution in [0.2, 0.25) is 15.1 Å². The molecule has 0 fully saturated rings. The van der Waals surface area contributed by atoms with Crippen LogP contribution in [0.3, 0.4) is 0 Å². The van der Waals surface area contributed by atoms with E-state index in [0.29, 0.717) is 33.7 Å². The fourth-order valence-corrected chi connectivity index (χ4v) is 4.40. The second kappa shape index (κ2) is 10.8. The first-order valence-electron chi connectivity index (χ1n) is 11.4. The highest BCUT2D eigenvalue weighted by Gasteiger charge is 2.33. The molecule has 0 bridgehead atoms. The number of carbonyl (C=O) groups excluding carboxylic acids is 2. The van der Waals surface area contributed by atoms with E-state index in [4.69, 9.17) is 34.8 Å². The van der Waals surface area contributed by atoms with E-state index in [0.717, 1.165) is 6.07 Å². The number of carbonyl (C=O) groups is 2. The maximum absolute atomic E-state index is 13.2. The van der Waals surface area contributed by atoms with Gasteiger partial charge in [0.25, 0.3) is 11.8 Å². The van der Waals surface area contributed by atoms with Crippen LogP contribution in [0.15, 0.2) is 79.3 Å². The summed E-state index contributed by atoms with van der Waals surface area (Å²) in [5.74, 6) is -1.02. The summed E-state index contributed by atoms with van der Waals surface area (Å²) in [6, 6.07) is 14.1. The average molecular weight is 605 g/mol. The van der Waals surface area contributed by atoms with Crippen molar-refractivity contribution in [3.8, 4) is 11.3 Å². The summed E-state index contributed by atoms with van der Waals surface area (Å²) in [4.78, 5) is 34.1. The summed E-state index contributed by atoms with van der Waals surface area (Å²) in [5.41, 5.74) is 0.887. The number of hydrogen-bond donors (Lipinski definition) is 2. The summed E-state index contributed by atoms with van der Waals surface area (Å²) in [7, 11) is 0. The normalized spacial score (nSPS) is 11.4. The maximum atomic E-state index is 13.2. The van der Waals surface area contributed by atoms with Crippen LogP contribution in [-0.2, 0) is 6.18 Å². The zero-order chi connectivity index (χ0) is 28.6. The molecule has 202 valence electrons. The summed E-state index contributed by atoms with van der Waals surface area (Å²) < 4.78 is 41.3. The molecule has 7 nitrogen and oxygen atoms in total.